The second-order valence-electron chi connectivity index (χ2n) is 4.01. The first-order valence-electron chi connectivity index (χ1n) is 6.21. The Balaban J connectivity index is 3.83. The summed E-state index contributed by atoms with van der Waals surface area (Å²) in [6.07, 6.45) is 4.08. The van der Waals surface area contributed by atoms with Crippen LogP contribution >= 0.6 is 0 Å². The highest BCUT2D eigenvalue weighted by Gasteiger charge is 2.18. The third kappa shape index (κ3) is 8.68. The van der Waals surface area contributed by atoms with Crippen molar-refractivity contribution >= 4 is 11.9 Å². The molecule has 0 aliphatic carbocycles. The highest BCUT2D eigenvalue weighted by molar-refractivity contribution is 5.84. The van der Waals surface area contributed by atoms with E-state index in [0.717, 1.165) is 25.7 Å². The second kappa shape index (κ2) is 10.1. The molecule has 0 fully saturated rings. The van der Waals surface area contributed by atoms with E-state index in [0.29, 0.717) is 13.0 Å². The molecule has 1 amide bonds. The standard InChI is InChI=1S/C12H23NO4/c1-3-5-7-10(12(15)16)13-11(14)9-17-8-6-4-2/h10H,3-9H2,1-2H3,(H,13,14)(H,15,16). The Labute approximate surface area is 103 Å². The van der Waals surface area contributed by atoms with Crippen molar-refractivity contribution < 1.29 is 19.4 Å². The second-order valence-corrected chi connectivity index (χ2v) is 4.01. The number of ether oxygens (including phenoxy) is 1. The minimum atomic E-state index is -0.986. The lowest BCUT2D eigenvalue weighted by Gasteiger charge is -2.14. The first-order valence-corrected chi connectivity index (χ1v) is 6.21. The van der Waals surface area contributed by atoms with Gasteiger partial charge in [0.2, 0.25) is 5.91 Å². The van der Waals surface area contributed by atoms with E-state index in [2.05, 4.69) is 5.32 Å². The molecule has 0 radical (unpaired) electrons. The summed E-state index contributed by atoms with van der Waals surface area (Å²) in [5.74, 6) is -1.34. The minimum absolute atomic E-state index is 0.0596. The number of aliphatic carboxylic acids is 1. The van der Waals surface area contributed by atoms with E-state index >= 15 is 0 Å². The van der Waals surface area contributed by atoms with Gasteiger partial charge in [0, 0.05) is 6.61 Å². The van der Waals surface area contributed by atoms with Crippen LogP contribution in [0.4, 0.5) is 0 Å². The van der Waals surface area contributed by atoms with Crippen molar-refractivity contribution in [1.29, 1.82) is 0 Å². The van der Waals surface area contributed by atoms with Gasteiger partial charge in [-0.05, 0) is 12.8 Å². The smallest absolute Gasteiger partial charge is 0.326 e. The zero-order valence-corrected chi connectivity index (χ0v) is 10.7. The van der Waals surface area contributed by atoms with Crippen LogP contribution in [0.25, 0.3) is 0 Å². The molecule has 17 heavy (non-hydrogen) atoms. The molecule has 100 valence electrons. The third-order valence-electron chi connectivity index (χ3n) is 2.36. The third-order valence-corrected chi connectivity index (χ3v) is 2.36. The number of nitrogens with one attached hydrogen (secondary N) is 1. The maximum atomic E-state index is 11.4. The molecule has 0 aliphatic heterocycles. The van der Waals surface area contributed by atoms with Crippen LogP contribution in [-0.2, 0) is 14.3 Å². The highest BCUT2D eigenvalue weighted by atomic mass is 16.5. The first kappa shape index (κ1) is 15.9. The molecule has 0 aromatic heterocycles. The van der Waals surface area contributed by atoms with E-state index in [9.17, 15) is 9.59 Å². The molecule has 2 N–H and O–H groups in total. The monoisotopic (exact) mass is 245 g/mol. The molecule has 0 saturated carbocycles. The summed E-state index contributed by atoms with van der Waals surface area (Å²) < 4.78 is 5.12. The van der Waals surface area contributed by atoms with E-state index < -0.39 is 12.0 Å². The fourth-order valence-corrected chi connectivity index (χ4v) is 1.31. The molecular weight excluding hydrogens is 222 g/mol. The predicted molar refractivity (Wildman–Crippen MR) is 64.8 cm³/mol. The lowest BCUT2D eigenvalue weighted by molar-refractivity contribution is -0.142. The number of carboxylic acids is 1. The van der Waals surface area contributed by atoms with Crippen molar-refractivity contribution in [1.82, 2.24) is 5.32 Å². The van der Waals surface area contributed by atoms with Crippen LogP contribution in [0.15, 0.2) is 0 Å². The Kier molecular flexibility index (Phi) is 9.43. The number of amides is 1. The van der Waals surface area contributed by atoms with E-state index in [-0.39, 0.29) is 12.5 Å². The van der Waals surface area contributed by atoms with Crippen LogP contribution in [0, 0.1) is 0 Å². The summed E-state index contributed by atoms with van der Waals surface area (Å²) in [6, 6.07) is -0.794. The summed E-state index contributed by atoms with van der Waals surface area (Å²) in [4.78, 5) is 22.2. The molecule has 0 aromatic carbocycles. The van der Waals surface area contributed by atoms with Gasteiger partial charge in [0.15, 0.2) is 0 Å². The normalized spacial score (nSPS) is 12.1. The molecule has 1 atom stereocenters. The molecule has 1 unspecified atom stereocenters. The summed E-state index contributed by atoms with van der Waals surface area (Å²) in [5.41, 5.74) is 0. The largest absolute Gasteiger partial charge is 0.480 e. The van der Waals surface area contributed by atoms with E-state index in [4.69, 9.17) is 9.84 Å². The van der Waals surface area contributed by atoms with Gasteiger partial charge in [0.1, 0.15) is 12.6 Å². The van der Waals surface area contributed by atoms with Crippen molar-refractivity contribution in [2.45, 2.75) is 52.0 Å². The van der Waals surface area contributed by atoms with Crippen LogP contribution < -0.4 is 5.32 Å². The number of carbonyl (C=O) groups excluding carboxylic acids is 1. The fraction of sp³-hybridized carbons (Fsp3) is 0.833. The molecule has 0 aromatic rings. The molecule has 0 aliphatic rings. The van der Waals surface area contributed by atoms with Crippen molar-refractivity contribution in [2.24, 2.45) is 0 Å². The molecule has 0 spiro atoms. The van der Waals surface area contributed by atoms with Gasteiger partial charge in [-0.25, -0.2) is 4.79 Å². The molecule has 5 nitrogen and oxygen atoms in total. The lowest BCUT2D eigenvalue weighted by atomic mass is 10.1. The van der Waals surface area contributed by atoms with Crippen molar-refractivity contribution in [3.8, 4) is 0 Å². The zero-order chi connectivity index (χ0) is 13.1. The van der Waals surface area contributed by atoms with Crippen LogP contribution in [0.3, 0.4) is 0 Å². The summed E-state index contributed by atoms with van der Waals surface area (Å²) in [7, 11) is 0. The summed E-state index contributed by atoms with van der Waals surface area (Å²) in [5, 5.41) is 11.4. The maximum Gasteiger partial charge on any atom is 0.326 e. The van der Waals surface area contributed by atoms with Crippen molar-refractivity contribution in [3.05, 3.63) is 0 Å². The molecular formula is C12H23NO4. The lowest BCUT2D eigenvalue weighted by Crippen LogP contribution is -2.42. The first-order chi connectivity index (χ1) is 8.11. The van der Waals surface area contributed by atoms with Crippen molar-refractivity contribution in [2.75, 3.05) is 13.2 Å². The highest BCUT2D eigenvalue weighted by Crippen LogP contribution is 2.00. The quantitative estimate of drug-likeness (QED) is 0.573. The maximum absolute atomic E-state index is 11.4. The Bertz CT molecular complexity index is 231. The van der Waals surface area contributed by atoms with Crippen LogP contribution in [-0.4, -0.2) is 36.2 Å². The van der Waals surface area contributed by atoms with E-state index in [1.807, 2.05) is 13.8 Å². The van der Waals surface area contributed by atoms with Gasteiger partial charge in [-0.1, -0.05) is 33.1 Å². The van der Waals surface area contributed by atoms with Crippen LogP contribution in [0.2, 0.25) is 0 Å². The molecule has 0 heterocycles. The van der Waals surface area contributed by atoms with Gasteiger partial charge in [0.05, 0.1) is 0 Å². The van der Waals surface area contributed by atoms with Gasteiger partial charge in [-0.2, -0.15) is 0 Å². The van der Waals surface area contributed by atoms with Gasteiger partial charge in [-0.3, -0.25) is 4.79 Å². The Morgan fingerprint density at radius 1 is 1.24 bits per heavy atom. The van der Waals surface area contributed by atoms with Gasteiger partial charge in [-0.15, -0.1) is 0 Å². The van der Waals surface area contributed by atoms with Crippen LogP contribution in [0.1, 0.15) is 46.0 Å². The molecule has 0 bridgehead atoms. The number of hydrogen-bond donors (Lipinski definition) is 2. The number of carboxylic acid groups (broad SMARTS) is 1. The Morgan fingerprint density at radius 2 is 1.88 bits per heavy atom. The number of hydrogen-bond acceptors (Lipinski definition) is 3. The Hall–Kier alpha value is -1.10. The van der Waals surface area contributed by atoms with E-state index in [1.165, 1.54) is 0 Å². The summed E-state index contributed by atoms with van der Waals surface area (Å²) in [6.45, 7) is 4.50. The Morgan fingerprint density at radius 3 is 2.41 bits per heavy atom. The number of carbonyl (C=O) groups is 2. The zero-order valence-electron chi connectivity index (χ0n) is 10.7. The van der Waals surface area contributed by atoms with Gasteiger partial charge < -0.3 is 15.2 Å². The topological polar surface area (TPSA) is 75.6 Å². The predicted octanol–water partition coefficient (Wildman–Crippen LogP) is 1.56. The molecule has 0 rings (SSSR count). The average molecular weight is 245 g/mol. The number of rotatable bonds is 10. The van der Waals surface area contributed by atoms with Gasteiger partial charge in [0.25, 0.3) is 0 Å². The number of unbranched alkanes of at least 4 members (excludes halogenated alkanes) is 2. The van der Waals surface area contributed by atoms with Crippen LogP contribution in [0.5, 0.6) is 0 Å². The van der Waals surface area contributed by atoms with Gasteiger partial charge >= 0.3 is 5.97 Å². The van der Waals surface area contributed by atoms with E-state index in [1.54, 1.807) is 0 Å². The summed E-state index contributed by atoms with van der Waals surface area (Å²) >= 11 is 0. The molecule has 5 heteroatoms. The average Bonchev–Trinajstić information content (AvgIpc) is 2.29. The fourth-order valence-electron chi connectivity index (χ4n) is 1.31. The van der Waals surface area contributed by atoms with Crippen molar-refractivity contribution in [3.63, 3.8) is 0 Å². The molecule has 0 saturated heterocycles. The minimum Gasteiger partial charge on any atom is -0.480 e. The SMILES string of the molecule is CCCCOCC(=O)NC(CCCC)C(=O)O.